The van der Waals surface area contributed by atoms with Gasteiger partial charge >= 0.3 is 5.97 Å². The molecule has 146 valence electrons. The maximum absolute atomic E-state index is 12.8. The molecule has 0 radical (unpaired) electrons. The Morgan fingerprint density at radius 2 is 2.07 bits per heavy atom. The van der Waals surface area contributed by atoms with Crippen LogP contribution in [0.2, 0.25) is 0 Å². The Morgan fingerprint density at radius 1 is 1.29 bits per heavy atom. The van der Waals surface area contributed by atoms with Crippen molar-refractivity contribution in [1.82, 2.24) is 9.62 Å². The summed E-state index contributed by atoms with van der Waals surface area (Å²) in [4.78, 5) is 13.8. The van der Waals surface area contributed by atoms with E-state index in [-0.39, 0.29) is 11.3 Å². The molecule has 0 saturated heterocycles. The Hall–Kier alpha value is -2.73. The number of hydrogen-bond donors (Lipinski definition) is 2. The Bertz CT molecular complexity index is 1040. The molecular weight excluding hydrogens is 378 g/mol. The number of likely N-dealkylation sites (N-methyl/N-ethyl adjacent to an activating group) is 1. The number of carbonyl (C=O) groups is 1. The lowest BCUT2D eigenvalue weighted by Gasteiger charge is -2.25. The molecule has 0 spiro atoms. The number of hydrogen-bond acceptors (Lipinski definition) is 5. The van der Waals surface area contributed by atoms with Crippen molar-refractivity contribution in [2.45, 2.75) is 30.3 Å². The summed E-state index contributed by atoms with van der Waals surface area (Å²) in [5, 5.41) is 18.5. The molecule has 2 aromatic carbocycles. The quantitative estimate of drug-likeness (QED) is 0.762. The normalized spacial score (nSPS) is 15.4. The van der Waals surface area contributed by atoms with Crippen molar-refractivity contribution in [1.29, 1.82) is 5.26 Å². The Kier molecular flexibility index (Phi) is 5.79. The fourth-order valence-corrected chi connectivity index (χ4v) is 4.52. The van der Waals surface area contributed by atoms with Crippen molar-refractivity contribution in [2.24, 2.45) is 0 Å². The molecular formula is C20H21N3O4S. The molecule has 0 amide bonds. The third-order valence-corrected chi connectivity index (χ3v) is 6.25. The van der Waals surface area contributed by atoms with Gasteiger partial charge in [0.2, 0.25) is 10.0 Å². The number of benzene rings is 2. The minimum Gasteiger partial charge on any atom is -0.480 e. The van der Waals surface area contributed by atoms with Crippen LogP contribution in [0.5, 0.6) is 0 Å². The van der Waals surface area contributed by atoms with Crippen LogP contribution in [-0.4, -0.2) is 44.0 Å². The molecule has 2 aromatic rings. The van der Waals surface area contributed by atoms with Crippen molar-refractivity contribution >= 4 is 16.0 Å². The lowest BCUT2D eigenvalue weighted by molar-refractivity contribution is -0.138. The van der Waals surface area contributed by atoms with Crippen LogP contribution in [0.3, 0.4) is 0 Å². The molecule has 0 aliphatic carbocycles. The lowest BCUT2D eigenvalue weighted by atomic mass is 10.0. The van der Waals surface area contributed by atoms with E-state index in [1.54, 1.807) is 36.4 Å². The van der Waals surface area contributed by atoms with Gasteiger partial charge in [-0.3, -0.25) is 4.79 Å². The van der Waals surface area contributed by atoms with E-state index in [1.165, 1.54) is 6.07 Å². The number of sulfonamides is 1. The minimum absolute atomic E-state index is 0.0542. The first kappa shape index (κ1) is 20.0. The van der Waals surface area contributed by atoms with Gasteiger partial charge in [0.1, 0.15) is 6.04 Å². The third kappa shape index (κ3) is 4.57. The summed E-state index contributed by atoms with van der Waals surface area (Å²) in [6, 6.07) is 12.0. The van der Waals surface area contributed by atoms with Crippen LogP contribution in [0.25, 0.3) is 0 Å². The molecule has 1 unspecified atom stereocenters. The summed E-state index contributed by atoms with van der Waals surface area (Å²) < 4.78 is 27.9. The maximum atomic E-state index is 12.8. The van der Waals surface area contributed by atoms with Gasteiger partial charge in [-0.2, -0.15) is 9.98 Å². The van der Waals surface area contributed by atoms with Crippen LogP contribution in [0.1, 0.15) is 22.3 Å². The average molecular weight is 399 g/mol. The van der Waals surface area contributed by atoms with Gasteiger partial charge in [0.05, 0.1) is 16.5 Å². The Labute approximate surface area is 164 Å². The predicted octanol–water partition coefficient (Wildman–Crippen LogP) is 1.52. The lowest BCUT2D eigenvalue weighted by Crippen LogP contribution is -2.42. The molecule has 7 nitrogen and oxygen atoms in total. The largest absolute Gasteiger partial charge is 0.480 e. The fraction of sp³-hybridized carbons (Fsp3) is 0.300. The predicted molar refractivity (Wildman–Crippen MR) is 103 cm³/mol. The molecule has 3 rings (SSSR count). The Balaban J connectivity index is 1.83. The fourth-order valence-electron chi connectivity index (χ4n) is 3.28. The van der Waals surface area contributed by atoms with Crippen LogP contribution in [0.4, 0.5) is 0 Å². The number of nitrogens with zero attached hydrogens (tertiary/aromatic N) is 2. The molecule has 1 aliphatic heterocycles. The number of nitriles is 1. The summed E-state index contributed by atoms with van der Waals surface area (Å²) in [5.41, 5.74) is 3.01. The first-order valence-corrected chi connectivity index (χ1v) is 10.3. The molecule has 1 atom stereocenters. The van der Waals surface area contributed by atoms with Gasteiger partial charge in [0.15, 0.2) is 0 Å². The summed E-state index contributed by atoms with van der Waals surface area (Å²) in [6.45, 7) is 1.57. The van der Waals surface area contributed by atoms with E-state index in [2.05, 4.69) is 9.62 Å². The molecule has 0 fully saturated rings. The third-order valence-electron chi connectivity index (χ3n) is 4.78. The van der Waals surface area contributed by atoms with Gasteiger partial charge in [-0.1, -0.05) is 18.2 Å². The molecule has 0 bridgehead atoms. The number of aliphatic carboxylic acids is 1. The average Bonchev–Trinajstić information content (AvgIpc) is 2.66. The van der Waals surface area contributed by atoms with Crippen LogP contribution < -0.4 is 4.72 Å². The van der Waals surface area contributed by atoms with Gasteiger partial charge < -0.3 is 10.0 Å². The van der Waals surface area contributed by atoms with Crippen molar-refractivity contribution in [2.75, 3.05) is 13.6 Å². The summed E-state index contributed by atoms with van der Waals surface area (Å²) in [5.74, 6) is -1.27. The molecule has 2 N–H and O–H groups in total. The second-order valence-electron chi connectivity index (χ2n) is 6.95. The van der Waals surface area contributed by atoms with Crippen LogP contribution >= 0.6 is 0 Å². The zero-order valence-corrected chi connectivity index (χ0v) is 16.2. The topological polar surface area (TPSA) is 111 Å². The monoisotopic (exact) mass is 399 g/mol. The van der Waals surface area contributed by atoms with Crippen molar-refractivity contribution in [3.8, 4) is 6.07 Å². The summed E-state index contributed by atoms with van der Waals surface area (Å²) in [7, 11) is -2.04. The molecule has 8 heteroatoms. The second kappa shape index (κ2) is 8.10. The van der Waals surface area contributed by atoms with E-state index in [0.29, 0.717) is 17.7 Å². The first-order valence-electron chi connectivity index (χ1n) is 8.83. The van der Waals surface area contributed by atoms with Crippen molar-refractivity contribution in [3.05, 3.63) is 64.7 Å². The highest BCUT2D eigenvalue weighted by molar-refractivity contribution is 7.89. The highest BCUT2D eigenvalue weighted by Gasteiger charge is 2.27. The van der Waals surface area contributed by atoms with Crippen LogP contribution in [0.15, 0.2) is 47.4 Å². The van der Waals surface area contributed by atoms with Gasteiger partial charge in [-0.25, -0.2) is 8.42 Å². The van der Waals surface area contributed by atoms with E-state index in [9.17, 15) is 18.3 Å². The van der Waals surface area contributed by atoms with E-state index < -0.39 is 22.0 Å². The number of nitrogens with one attached hydrogen (secondary N) is 1. The van der Waals surface area contributed by atoms with E-state index in [0.717, 1.165) is 24.1 Å². The summed E-state index contributed by atoms with van der Waals surface area (Å²) in [6.07, 6.45) is 0.796. The summed E-state index contributed by atoms with van der Waals surface area (Å²) >= 11 is 0. The number of carboxylic acids is 1. The SMILES string of the molecule is CN1CCc2ccc(S(=O)(=O)NC(Cc3cccc(C#N)c3)C(=O)O)cc2C1. The van der Waals surface area contributed by atoms with Crippen molar-refractivity contribution < 1.29 is 18.3 Å². The number of fused-ring (bicyclic) bond motifs is 1. The molecule has 1 heterocycles. The molecule has 1 aliphatic rings. The van der Waals surface area contributed by atoms with Crippen LogP contribution in [0, 0.1) is 11.3 Å². The maximum Gasteiger partial charge on any atom is 0.322 e. The molecule has 28 heavy (non-hydrogen) atoms. The van der Waals surface area contributed by atoms with E-state index in [4.69, 9.17) is 5.26 Å². The number of carboxylic acid groups (broad SMARTS) is 1. The molecule has 0 saturated carbocycles. The van der Waals surface area contributed by atoms with Crippen molar-refractivity contribution in [3.63, 3.8) is 0 Å². The van der Waals surface area contributed by atoms with Crippen LogP contribution in [-0.2, 0) is 34.2 Å². The highest BCUT2D eigenvalue weighted by atomic mass is 32.2. The number of rotatable bonds is 6. The minimum atomic E-state index is -4.01. The Morgan fingerprint density at radius 3 is 2.79 bits per heavy atom. The second-order valence-corrected chi connectivity index (χ2v) is 8.66. The van der Waals surface area contributed by atoms with E-state index >= 15 is 0 Å². The van der Waals surface area contributed by atoms with Gasteiger partial charge in [-0.15, -0.1) is 0 Å². The smallest absolute Gasteiger partial charge is 0.322 e. The molecule has 0 aromatic heterocycles. The standard InChI is InChI=1S/C20H21N3O4S/c1-23-8-7-16-5-6-18(11-17(16)13-23)28(26,27)22-19(20(24)25)10-14-3-2-4-15(9-14)12-21/h2-6,9,11,19,22H,7-8,10,13H2,1H3,(H,24,25). The van der Waals surface area contributed by atoms with Gasteiger partial charge in [0.25, 0.3) is 0 Å². The van der Waals surface area contributed by atoms with Gasteiger partial charge in [-0.05, 0) is 60.8 Å². The van der Waals surface area contributed by atoms with E-state index in [1.807, 2.05) is 13.1 Å². The highest BCUT2D eigenvalue weighted by Crippen LogP contribution is 2.22. The zero-order valence-electron chi connectivity index (χ0n) is 15.4. The first-order chi connectivity index (χ1) is 13.3. The van der Waals surface area contributed by atoms with Gasteiger partial charge in [0, 0.05) is 13.1 Å². The zero-order chi connectivity index (χ0) is 20.3.